The zero-order valence-corrected chi connectivity index (χ0v) is 17.0. The molecule has 2 amide bonds. The second-order valence-electron chi connectivity index (χ2n) is 7.43. The third kappa shape index (κ3) is 4.17. The van der Waals surface area contributed by atoms with Crippen molar-refractivity contribution in [2.45, 2.75) is 38.1 Å². The van der Waals surface area contributed by atoms with E-state index in [-0.39, 0.29) is 18.6 Å². The minimum absolute atomic E-state index is 0.0114. The standard InChI is InChI=1S/C22H23ClN2O4/c1-25(17-5-3-2-4-6-17)22(27)14-7-9-16(10-8-14)24-21(26)15-11-18(23)20-19(12-15)28-13-29-20/h7-12,17H,2-6,13H2,1H3,(H,24,26). The average molecular weight is 415 g/mol. The zero-order chi connectivity index (χ0) is 20.4. The van der Waals surface area contributed by atoms with Crippen molar-refractivity contribution in [2.75, 3.05) is 19.2 Å². The average Bonchev–Trinajstić information content (AvgIpc) is 3.23. The molecule has 7 heteroatoms. The normalized spacial score (nSPS) is 15.8. The Kier molecular flexibility index (Phi) is 5.62. The second kappa shape index (κ2) is 8.33. The number of anilines is 1. The summed E-state index contributed by atoms with van der Waals surface area (Å²) >= 11 is 6.14. The van der Waals surface area contributed by atoms with Gasteiger partial charge < -0.3 is 19.7 Å². The SMILES string of the molecule is CN(C(=O)c1ccc(NC(=O)c2cc(Cl)c3c(c2)OCO3)cc1)C1CCCCC1. The van der Waals surface area contributed by atoms with E-state index in [1.807, 2.05) is 11.9 Å². The summed E-state index contributed by atoms with van der Waals surface area (Å²) in [5.41, 5.74) is 1.58. The van der Waals surface area contributed by atoms with Gasteiger partial charge in [0, 0.05) is 29.9 Å². The van der Waals surface area contributed by atoms with Gasteiger partial charge in [-0.15, -0.1) is 0 Å². The fraction of sp³-hybridized carbons (Fsp3) is 0.364. The Labute approximate surface area is 174 Å². The fourth-order valence-corrected chi connectivity index (χ4v) is 4.10. The summed E-state index contributed by atoms with van der Waals surface area (Å²) in [6.07, 6.45) is 5.73. The molecule has 0 spiro atoms. The molecule has 29 heavy (non-hydrogen) atoms. The van der Waals surface area contributed by atoms with E-state index in [1.54, 1.807) is 36.4 Å². The molecule has 0 aromatic heterocycles. The lowest BCUT2D eigenvalue weighted by Gasteiger charge is -2.31. The summed E-state index contributed by atoms with van der Waals surface area (Å²) < 4.78 is 10.6. The molecule has 1 N–H and O–H groups in total. The van der Waals surface area contributed by atoms with Crippen LogP contribution < -0.4 is 14.8 Å². The predicted octanol–water partition coefficient (Wildman–Crippen LogP) is 4.73. The molecule has 0 saturated heterocycles. The number of nitrogens with zero attached hydrogens (tertiary/aromatic N) is 1. The topological polar surface area (TPSA) is 67.9 Å². The van der Waals surface area contributed by atoms with Crippen molar-refractivity contribution in [2.24, 2.45) is 0 Å². The molecule has 4 rings (SSSR count). The summed E-state index contributed by atoms with van der Waals surface area (Å²) in [6.45, 7) is 0.0882. The van der Waals surface area contributed by atoms with Crippen molar-refractivity contribution in [1.82, 2.24) is 4.90 Å². The van der Waals surface area contributed by atoms with E-state index >= 15 is 0 Å². The first-order valence-corrected chi connectivity index (χ1v) is 10.2. The number of carbonyl (C=O) groups is 2. The predicted molar refractivity (Wildman–Crippen MR) is 111 cm³/mol. The van der Waals surface area contributed by atoms with Crippen molar-refractivity contribution < 1.29 is 19.1 Å². The van der Waals surface area contributed by atoms with Gasteiger partial charge in [-0.2, -0.15) is 0 Å². The molecule has 6 nitrogen and oxygen atoms in total. The van der Waals surface area contributed by atoms with Crippen LogP contribution >= 0.6 is 11.6 Å². The summed E-state index contributed by atoms with van der Waals surface area (Å²) in [6, 6.07) is 10.4. The first kappa shape index (κ1) is 19.6. The summed E-state index contributed by atoms with van der Waals surface area (Å²) in [5, 5.41) is 3.15. The maximum atomic E-state index is 12.7. The molecular weight excluding hydrogens is 392 g/mol. The highest BCUT2D eigenvalue weighted by Crippen LogP contribution is 2.39. The van der Waals surface area contributed by atoms with Gasteiger partial charge in [0.25, 0.3) is 11.8 Å². The Morgan fingerprint density at radius 2 is 1.76 bits per heavy atom. The van der Waals surface area contributed by atoms with E-state index in [9.17, 15) is 9.59 Å². The van der Waals surface area contributed by atoms with Crippen molar-refractivity contribution in [1.29, 1.82) is 0 Å². The highest BCUT2D eigenvalue weighted by molar-refractivity contribution is 6.32. The lowest BCUT2D eigenvalue weighted by atomic mass is 9.94. The van der Waals surface area contributed by atoms with Crippen molar-refractivity contribution in [3.05, 3.63) is 52.5 Å². The van der Waals surface area contributed by atoms with Crippen LogP contribution in [0, 0.1) is 0 Å². The maximum absolute atomic E-state index is 12.7. The van der Waals surface area contributed by atoms with E-state index in [0.717, 1.165) is 12.8 Å². The molecule has 1 saturated carbocycles. The number of hydrogen-bond donors (Lipinski definition) is 1. The minimum Gasteiger partial charge on any atom is -0.454 e. The van der Waals surface area contributed by atoms with Crippen LogP contribution in [0.3, 0.4) is 0 Å². The van der Waals surface area contributed by atoms with Crippen LogP contribution in [-0.4, -0.2) is 36.6 Å². The van der Waals surface area contributed by atoms with E-state index in [0.29, 0.717) is 39.4 Å². The molecule has 2 aromatic carbocycles. The van der Waals surface area contributed by atoms with Gasteiger partial charge in [-0.3, -0.25) is 9.59 Å². The van der Waals surface area contributed by atoms with Crippen molar-refractivity contribution >= 4 is 29.1 Å². The number of nitrogens with one attached hydrogen (secondary N) is 1. The lowest BCUT2D eigenvalue weighted by Crippen LogP contribution is -2.38. The van der Waals surface area contributed by atoms with Crippen LogP contribution in [0.2, 0.25) is 5.02 Å². The van der Waals surface area contributed by atoms with E-state index in [4.69, 9.17) is 21.1 Å². The van der Waals surface area contributed by atoms with Crippen LogP contribution in [-0.2, 0) is 0 Å². The van der Waals surface area contributed by atoms with Crippen LogP contribution in [0.25, 0.3) is 0 Å². The number of amides is 2. The Morgan fingerprint density at radius 1 is 1.03 bits per heavy atom. The molecule has 2 aliphatic rings. The quantitative estimate of drug-likeness (QED) is 0.785. The van der Waals surface area contributed by atoms with Crippen LogP contribution in [0.5, 0.6) is 11.5 Å². The van der Waals surface area contributed by atoms with Crippen molar-refractivity contribution in [3.8, 4) is 11.5 Å². The van der Waals surface area contributed by atoms with Gasteiger partial charge in [-0.25, -0.2) is 0 Å². The van der Waals surface area contributed by atoms with E-state index in [2.05, 4.69) is 5.32 Å². The van der Waals surface area contributed by atoms with E-state index < -0.39 is 0 Å². The van der Waals surface area contributed by atoms with Gasteiger partial charge in [0.05, 0.1) is 5.02 Å². The molecule has 0 unspecified atom stereocenters. The monoisotopic (exact) mass is 414 g/mol. The smallest absolute Gasteiger partial charge is 0.255 e. The largest absolute Gasteiger partial charge is 0.454 e. The number of fused-ring (bicyclic) bond motifs is 1. The highest BCUT2D eigenvalue weighted by atomic mass is 35.5. The Balaban J connectivity index is 1.42. The van der Waals surface area contributed by atoms with Gasteiger partial charge in [-0.05, 0) is 49.2 Å². The Hall–Kier alpha value is -2.73. The van der Waals surface area contributed by atoms with Gasteiger partial charge in [0.2, 0.25) is 6.79 Å². The van der Waals surface area contributed by atoms with Crippen LogP contribution in [0.1, 0.15) is 52.8 Å². The fourth-order valence-electron chi connectivity index (χ4n) is 3.84. The number of benzene rings is 2. The molecule has 0 radical (unpaired) electrons. The Bertz CT molecular complexity index is 923. The number of ether oxygens (including phenoxy) is 2. The molecule has 0 atom stereocenters. The lowest BCUT2D eigenvalue weighted by molar-refractivity contribution is 0.0696. The molecule has 2 aromatic rings. The van der Waals surface area contributed by atoms with Crippen LogP contribution in [0.4, 0.5) is 5.69 Å². The molecule has 152 valence electrons. The first-order chi connectivity index (χ1) is 14.0. The zero-order valence-electron chi connectivity index (χ0n) is 16.2. The number of rotatable bonds is 4. The molecule has 1 aliphatic heterocycles. The van der Waals surface area contributed by atoms with Crippen molar-refractivity contribution in [3.63, 3.8) is 0 Å². The first-order valence-electron chi connectivity index (χ1n) is 9.80. The number of halogens is 1. The summed E-state index contributed by atoms with van der Waals surface area (Å²) in [5.74, 6) is 0.600. The van der Waals surface area contributed by atoms with E-state index in [1.165, 1.54) is 19.3 Å². The third-order valence-corrected chi connectivity index (χ3v) is 5.80. The molecule has 1 heterocycles. The van der Waals surface area contributed by atoms with Gasteiger partial charge in [0.1, 0.15) is 0 Å². The summed E-state index contributed by atoms with van der Waals surface area (Å²) in [7, 11) is 1.87. The molecular formula is C22H23ClN2O4. The molecule has 1 fully saturated rings. The third-order valence-electron chi connectivity index (χ3n) is 5.52. The van der Waals surface area contributed by atoms with Gasteiger partial charge in [0.15, 0.2) is 11.5 Å². The minimum atomic E-state index is -0.316. The number of carbonyl (C=O) groups excluding carboxylic acids is 2. The van der Waals surface area contributed by atoms with Gasteiger partial charge in [-0.1, -0.05) is 30.9 Å². The Morgan fingerprint density at radius 3 is 2.48 bits per heavy atom. The molecule has 0 bridgehead atoms. The van der Waals surface area contributed by atoms with Crippen LogP contribution in [0.15, 0.2) is 36.4 Å². The molecule has 1 aliphatic carbocycles. The highest BCUT2D eigenvalue weighted by Gasteiger charge is 2.23. The summed E-state index contributed by atoms with van der Waals surface area (Å²) in [4.78, 5) is 27.1. The number of hydrogen-bond acceptors (Lipinski definition) is 4. The maximum Gasteiger partial charge on any atom is 0.255 e. The van der Waals surface area contributed by atoms with Gasteiger partial charge >= 0.3 is 0 Å². The second-order valence-corrected chi connectivity index (χ2v) is 7.84.